The van der Waals surface area contributed by atoms with Gasteiger partial charge >= 0.3 is 0 Å². The van der Waals surface area contributed by atoms with Crippen molar-refractivity contribution in [2.75, 3.05) is 13.2 Å². The first kappa shape index (κ1) is 11.0. The molecule has 5 heteroatoms. The first-order valence-electron chi connectivity index (χ1n) is 4.93. The summed E-state index contributed by atoms with van der Waals surface area (Å²) in [7, 11) is 0. The minimum absolute atomic E-state index is 0.308. The van der Waals surface area contributed by atoms with Gasteiger partial charge in [-0.25, -0.2) is 4.98 Å². The van der Waals surface area contributed by atoms with E-state index in [4.69, 9.17) is 27.9 Å². The van der Waals surface area contributed by atoms with E-state index in [1.807, 2.05) is 0 Å². The molecule has 0 aromatic carbocycles. The molecule has 82 valence electrons. The topological polar surface area (TPSA) is 34.1 Å². The van der Waals surface area contributed by atoms with Crippen LogP contribution < -0.4 is 10.1 Å². The third kappa shape index (κ3) is 2.97. The lowest BCUT2D eigenvalue weighted by Crippen LogP contribution is -2.28. The highest BCUT2D eigenvalue weighted by Crippen LogP contribution is 2.23. The zero-order valence-electron chi connectivity index (χ0n) is 8.17. The van der Waals surface area contributed by atoms with Gasteiger partial charge in [-0.3, -0.25) is 0 Å². The molecule has 0 bridgehead atoms. The molecule has 0 aliphatic carbocycles. The minimum Gasteiger partial charge on any atom is -0.490 e. The van der Waals surface area contributed by atoms with Gasteiger partial charge in [0.25, 0.3) is 0 Å². The second-order valence-electron chi connectivity index (χ2n) is 3.55. The van der Waals surface area contributed by atoms with E-state index in [9.17, 15) is 0 Å². The molecule has 1 saturated heterocycles. The fourth-order valence-electron chi connectivity index (χ4n) is 1.58. The highest BCUT2D eigenvalue weighted by atomic mass is 35.5. The van der Waals surface area contributed by atoms with Crippen molar-refractivity contribution in [2.45, 2.75) is 18.9 Å². The van der Waals surface area contributed by atoms with Gasteiger partial charge in [-0.15, -0.1) is 0 Å². The standard InChI is InChI=1S/C10H12Cl2N2O/c11-9-4-8(5-14-10(9)12)15-6-7-2-1-3-13-7/h4-5,7,13H,1-3,6H2. The van der Waals surface area contributed by atoms with Gasteiger partial charge in [0.2, 0.25) is 0 Å². The van der Waals surface area contributed by atoms with Crippen LogP contribution in [-0.2, 0) is 0 Å². The minimum atomic E-state index is 0.308. The summed E-state index contributed by atoms with van der Waals surface area (Å²) < 4.78 is 5.56. The number of ether oxygens (including phenoxy) is 1. The summed E-state index contributed by atoms with van der Waals surface area (Å²) in [5.74, 6) is 0.665. The first-order chi connectivity index (χ1) is 7.25. The lowest BCUT2D eigenvalue weighted by molar-refractivity contribution is 0.276. The Labute approximate surface area is 98.7 Å². The fraction of sp³-hybridized carbons (Fsp3) is 0.500. The van der Waals surface area contributed by atoms with Crippen LogP contribution in [0.1, 0.15) is 12.8 Å². The van der Waals surface area contributed by atoms with Crippen LogP contribution in [0, 0.1) is 0 Å². The van der Waals surface area contributed by atoms with E-state index in [2.05, 4.69) is 10.3 Å². The molecule has 1 N–H and O–H groups in total. The van der Waals surface area contributed by atoms with E-state index in [1.54, 1.807) is 12.3 Å². The van der Waals surface area contributed by atoms with Gasteiger partial charge in [0.1, 0.15) is 17.5 Å². The Morgan fingerprint density at radius 1 is 1.53 bits per heavy atom. The van der Waals surface area contributed by atoms with Crippen LogP contribution in [0.3, 0.4) is 0 Å². The van der Waals surface area contributed by atoms with Crippen molar-refractivity contribution in [3.8, 4) is 5.75 Å². The quantitative estimate of drug-likeness (QED) is 0.833. The maximum atomic E-state index is 5.82. The van der Waals surface area contributed by atoms with Crippen LogP contribution in [0.5, 0.6) is 5.75 Å². The maximum absolute atomic E-state index is 5.82. The van der Waals surface area contributed by atoms with Crippen molar-refractivity contribution >= 4 is 23.2 Å². The van der Waals surface area contributed by atoms with Gasteiger partial charge in [0.15, 0.2) is 0 Å². The predicted octanol–water partition coefficient (Wildman–Crippen LogP) is 2.52. The van der Waals surface area contributed by atoms with Gasteiger partial charge in [-0.05, 0) is 19.4 Å². The third-order valence-electron chi connectivity index (χ3n) is 2.38. The second-order valence-corrected chi connectivity index (χ2v) is 4.31. The van der Waals surface area contributed by atoms with E-state index in [0.29, 0.717) is 28.6 Å². The Bertz CT molecular complexity index is 340. The molecule has 2 heterocycles. The third-order valence-corrected chi connectivity index (χ3v) is 3.07. The summed E-state index contributed by atoms with van der Waals surface area (Å²) in [6.07, 6.45) is 3.96. The Balaban J connectivity index is 1.90. The van der Waals surface area contributed by atoms with Crippen molar-refractivity contribution in [3.05, 3.63) is 22.4 Å². The van der Waals surface area contributed by atoms with Gasteiger partial charge in [0.05, 0.1) is 11.2 Å². The lowest BCUT2D eigenvalue weighted by Gasteiger charge is -2.11. The average Bonchev–Trinajstić information content (AvgIpc) is 2.73. The summed E-state index contributed by atoms with van der Waals surface area (Å²) in [5.41, 5.74) is 0. The predicted molar refractivity (Wildman–Crippen MR) is 60.8 cm³/mol. The zero-order valence-corrected chi connectivity index (χ0v) is 9.68. The van der Waals surface area contributed by atoms with Crippen molar-refractivity contribution in [3.63, 3.8) is 0 Å². The summed E-state index contributed by atoms with van der Waals surface area (Å²) in [6, 6.07) is 2.13. The molecule has 1 fully saturated rings. The monoisotopic (exact) mass is 246 g/mol. The van der Waals surface area contributed by atoms with Crippen molar-refractivity contribution in [2.24, 2.45) is 0 Å². The average molecular weight is 247 g/mol. The van der Waals surface area contributed by atoms with Crippen LogP contribution in [0.15, 0.2) is 12.3 Å². The van der Waals surface area contributed by atoms with Crippen molar-refractivity contribution in [1.29, 1.82) is 0 Å². The largest absolute Gasteiger partial charge is 0.490 e. The summed E-state index contributed by atoms with van der Waals surface area (Å²) in [6.45, 7) is 1.73. The van der Waals surface area contributed by atoms with Crippen molar-refractivity contribution in [1.82, 2.24) is 10.3 Å². The van der Waals surface area contributed by atoms with Crippen LogP contribution in [-0.4, -0.2) is 24.2 Å². The van der Waals surface area contributed by atoms with Crippen LogP contribution >= 0.6 is 23.2 Å². The van der Waals surface area contributed by atoms with Crippen LogP contribution in [0.25, 0.3) is 0 Å². The molecule has 1 unspecified atom stereocenters. The van der Waals surface area contributed by atoms with E-state index in [0.717, 1.165) is 13.0 Å². The number of rotatable bonds is 3. The first-order valence-corrected chi connectivity index (χ1v) is 5.68. The summed E-state index contributed by atoms with van der Waals surface area (Å²) >= 11 is 11.5. The number of halogens is 2. The molecule has 0 radical (unpaired) electrons. The SMILES string of the molecule is Clc1cc(OCC2CCCN2)cnc1Cl. The maximum Gasteiger partial charge on any atom is 0.147 e. The molecule has 15 heavy (non-hydrogen) atoms. The number of aromatic nitrogens is 1. The molecule has 0 amide bonds. The van der Waals surface area contributed by atoms with E-state index in [1.165, 1.54) is 6.42 Å². The summed E-state index contributed by atoms with van der Waals surface area (Å²) in [5, 5.41) is 4.08. The molecule has 1 aliphatic rings. The highest BCUT2D eigenvalue weighted by Gasteiger charge is 2.14. The second kappa shape index (κ2) is 5.01. The van der Waals surface area contributed by atoms with Crippen molar-refractivity contribution < 1.29 is 4.74 Å². The summed E-state index contributed by atoms with van der Waals surface area (Å²) in [4.78, 5) is 3.91. The van der Waals surface area contributed by atoms with E-state index in [-0.39, 0.29) is 0 Å². The lowest BCUT2D eigenvalue weighted by atomic mass is 10.2. The smallest absolute Gasteiger partial charge is 0.147 e. The highest BCUT2D eigenvalue weighted by molar-refractivity contribution is 6.41. The molecular weight excluding hydrogens is 235 g/mol. The Hall–Kier alpha value is -0.510. The number of pyridine rings is 1. The normalized spacial score (nSPS) is 20.5. The molecule has 0 spiro atoms. The number of nitrogens with one attached hydrogen (secondary N) is 1. The molecule has 0 saturated carbocycles. The van der Waals surface area contributed by atoms with Gasteiger partial charge in [0, 0.05) is 12.1 Å². The van der Waals surface area contributed by atoms with Gasteiger partial charge in [-0.1, -0.05) is 23.2 Å². The molecule has 1 aromatic rings. The molecular formula is C10H12Cl2N2O. The zero-order chi connectivity index (χ0) is 10.7. The molecule has 1 aliphatic heterocycles. The van der Waals surface area contributed by atoms with E-state index < -0.39 is 0 Å². The Morgan fingerprint density at radius 3 is 3.07 bits per heavy atom. The van der Waals surface area contributed by atoms with Crippen LogP contribution in [0.2, 0.25) is 10.2 Å². The molecule has 3 nitrogen and oxygen atoms in total. The van der Waals surface area contributed by atoms with Gasteiger partial charge < -0.3 is 10.1 Å². The Kier molecular flexibility index (Phi) is 3.67. The van der Waals surface area contributed by atoms with Gasteiger partial charge in [-0.2, -0.15) is 0 Å². The van der Waals surface area contributed by atoms with E-state index >= 15 is 0 Å². The number of hydrogen-bond donors (Lipinski definition) is 1. The number of nitrogens with zero attached hydrogens (tertiary/aromatic N) is 1. The molecule has 2 rings (SSSR count). The van der Waals surface area contributed by atoms with Crippen LogP contribution in [0.4, 0.5) is 0 Å². The molecule has 1 atom stereocenters. The fourth-order valence-corrected chi connectivity index (χ4v) is 1.84. The Morgan fingerprint density at radius 2 is 2.40 bits per heavy atom. The molecule has 1 aromatic heterocycles. The number of hydrogen-bond acceptors (Lipinski definition) is 3.